The van der Waals surface area contributed by atoms with Crippen molar-refractivity contribution in [3.63, 3.8) is 0 Å². The fourth-order valence-corrected chi connectivity index (χ4v) is 2.64. The number of aromatic hydroxyl groups is 2. The van der Waals surface area contributed by atoms with E-state index >= 15 is 0 Å². The normalized spacial score (nSPS) is 33.3. The lowest BCUT2D eigenvalue weighted by atomic mass is 9.97. The Bertz CT molecular complexity index is 761. The summed E-state index contributed by atoms with van der Waals surface area (Å²) < 4.78 is 4.99. The monoisotopic (exact) mass is 350 g/mol. The van der Waals surface area contributed by atoms with Crippen molar-refractivity contribution in [3.05, 3.63) is 23.8 Å². The van der Waals surface area contributed by atoms with Gasteiger partial charge in [-0.1, -0.05) is 0 Å². The van der Waals surface area contributed by atoms with Crippen molar-refractivity contribution in [2.75, 3.05) is 13.2 Å². The van der Waals surface area contributed by atoms with Crippen molar-refractivity contribution in [2.24, 2.45) is 9.98 Å². The minimum Gasteiger partial charge on any atom is -0.504 e. The molecule has 2 heterocycles. The maximum absolute atomic E-state index is 10.2. The van der Waals surface area contributed by atoms with E-state index in [1.165, 1.54) is 24.6 Å². The zero-order valence-corrected chi connectivity index (χ0v) is 13.0. The highest BCUT2D eigenvalue weighted by molar-refractivity contribution is 6.20. The van der Waals surface area contributed by atoms with Gasteiger partial charge in [0.1, 0.15) is 18.3 Å². The summed E-state index contributed by atoms with van der Waals surface area (Å²) in [6.45, 7) is -0.712. The molecule has 134 valence electrons. The first-order valence-corrected chi connectivity index (χ1v) is 7.53. The largest absolute Gasteiger partial charge is 0.504 e. The van der Waals surface area contributed by atoms with Crippen LogP contribution in [0.5, 0.6) is 11.5 Å². The van der Waals surface area contributed by atoms with E-state index in [9.17, 15) is 30.6 Å². The summed E-state index contributed by atoms with van der Waals surface area (Å²) in [5, 5.41) is 58.5. The van der Waals surface area contributed by atoms with Gasteiger partial charge in [-0.3, -0.25) is 9.98 Å². The first kappa shape index (κ1) is 17.5. The van der Waals surface area contributed by atoms with Crippen LogP contribution >= 0.6 is 0 Å². The molecule has 1 aromatic carbocycles. The fraction of sp³-hybridized carbons (Fsp3) is 0.375. The number of ether oxygens (including phenoxy) is 1. The van der Waals surface area contributed by atoms with Gasteiger partial charge in [-0.25, -0.2) is 0 Å². The summed E-state index contributed by atoms with van der Waals surface area (Å²) in [7, 11) is 0. The second-order valence-electron chi connectivity index (χ2n) is 5.86. The van der Waals surface area contributed by atoms with Crippen LogP contribution in [0.15, 0.2) is 28.2 Å². The number of aliphatic hydroxyl groups is 4. The van der Waals surface area contributed by atoms with Gasteiger partial charge in [0.25, 0.3) is 0 Å². The quantitative estimate of drug-likeness (QED) is 0.304. The minimum atomic E-state index is -2.12. The van der Waals surface area contributed by atoms with E-state index in [1.54, 1.807) is 6.07 Å². The van der Waals surface area contributed by atoms with Gasteiger partial charge in [0.15, 0.2) is 11.5 Å². The van der Waals surface area contributed by atoms with E-state index < -0.39 is 24.1 Å². The number of phenols is 2. The highest BCUT2D eigenvalue weighted by Crippen LogP contribution is 2.42. The molecule has 1 saturated heterocycles. The van der Waals surface area contributed by atoms with Crippen LogP contribution in [0.3, 0.4) is 0 Å². The summed E-state index contributed by atoms with van der Waals surface area (Å²) >= 11 is 0. The number of allylic oxidation sites excluding steroid dienone is 2. The molecule has 1 fully saturated rings. The van der Waals surface area contributed by atoms with Gasteiger partial charge in [0.05, 0.1) is 24.4 Å². The Morgan fingerprint density at radius 2 is 2.04 bits per heavy atom. The molecular weight excluding hydrogens is 332 g/mol. The molecule has 4 atom stereocenters. The number of aliphatic hydroxyl groups excluding tert-OH is 3. The Labute approximate surface area is 142 Å². The molecule has 2 aliphatic rings. The predicted octanol–water partition coefficient (Wildman–Crippen LogP) is -0.931. The van der Waals surface area contributed by atoms with Crippen LogP contribution in [0.25, 0.3) is 5.57 Å². The van der Waals surface area contributed by atoms with E-state index in [0.29, 0.717) is 16.8 Å². The number of nitrogens with zero attached hydrogens (tertiary/aromatic N) is 2. The van der Waals surface area contributed by atoms with Gasteiger partial charge < -0.3 is 35.4 Å². The average molecular weight is 350 g/mol. The van der Waals surface area contributed by atoms with Gasteiger partial charge in [-0.05, 0) is 18.2 Å². The van der Waals surface area contributed by atoms with E-state index in [2.05, 4.69) is 9.98 Å². The predicted molar refractivity (Wildman–Crippen MR) is 88.2 cm³/mol. The first-order valence-electron chi connectivity index (χ1n) is 7.53. The lowest BCUT2D eigenvalue weighted by Crippen LogP contribution is -2.62. The first-order chi connectivity index (χ1) is 11.8. The van der Waals surface area contributed by atoms with Crippen molar-refractivity contribution in [1.82, 2.24) is 0 Å². The zero-order valence-electron chi connectivity index (χ0n) is 13.0. The number of aliphatic imine (C=N–C) groups is 2. The maximum Gasteiger partial charge on any atom is 0.215 e. The van der Waals surface area contributed by atoms with Crippen LogP contribution in [0.1, 0.15) is 5.56 Å². The Balaban J connectivity index is 1.72. The van der Waals surface area contributed by atoms with Crippen LogP contribution in [-0.4, -0.2) is 80.3 Å². The van der Waals surface area contributed by atoms with Crippen LogP contribution in [0.2, 0.25) is 0 Å². The number of rotatable bonds is 3. The summed E-state index contributed by atoms with van der Waals surface area (Å²) in [4.78, 5) is 8.02. The topological polar surface area (TPSA) is 155 Å². The smallest absolute Gasteiger partial charge is 0.215 e. The Morgan fingerprint density at radius 1 is 1.28 bits per heavy atom. The molecule has 1 aromatic rings. The van der Waals surface area contributed by atoms with Gasteiger partial charge in [-0.2, -0.15) is 0 Å². The molecular formula is C16H18N2O7. The molecule has 0 aromatic heterocycles. The van der Waals surface area contributed by atoms with Crippen molar-refractivity contribution in [2.45, 2.75) is 24.1 Å². The second-order valence-corrected chi connectivity index (χ2v) is 5.86. The molecule has 0 aliphatic carbocycles. The van der Waals surface area contributed by atoms with Crippen molar-refractivity contribution in [3.8, 4) is 11.5 Å². The maximum atomic E-state index is 10.2. The molecule has 4 unspecified atom stereocenters. The molecule has 25 heavy (non-hydrogen) atoms. The average Bonchev–Trinajstić information content (AvgIpc) is 3.01. The van der Waals surface area contributed by atoms with Crippen LogP contribution in [0, 0.1) is 0 Å². The van der Waals surface area contributed by atoms with E-state index in [4.69, 9.17) is 4.74 Å². The summed E-state index contributed by atoms with van der Waals surface area (Å²) in [5.41, 5.74) is 1.36. The number of phenolic OH excluding ortho intramolecular Hbond substituents is 2. The summed E-state index contributed by atoms with van der Waals surface area (Å²) in [6.07, 6.45) is -0.250. The van der Waals surface area contributed by atoms with E-state index in [0.717, 1.165) is 0 Å². The van der Waals surface area contributed by atoms with E-state index in [1.807, 2.05) is 0 Å². The highest BCUT2D eigenvalue weighted by atomic mass is 16.6. The van der Waals surface area contributed by atoms with Gasteiger partial charge in [-0.15, -0.1) is 0 Å². The molecule has 0 radical (unpaired) electrons. The molecule has 6 N–H and O–H groups in total. The number of benzene rings is 1. The molecule has 0 bridgehead atoms. The van der Waals surface area contributed by atoms with Gasteiger partial charge in [0, 0.05) is 18.0 Å². The number of hydrogen-bond donors (Lipinski definition) is 6. The number of fused-ring (bicyclic) bond motifs is 1. The molecule has 0 saturated carbocycles. The molecule has 0 spiro atoms. The van der Waals surface area contributed by atoms with Crippen LogP contribution < -0.4 is 0 Å². The standard InChI is InChI=1S/C16H18N2O7/c19-10-2-1-9-12(13(10)21)8(5-18-9)3-4-17-7-16(24)15(23)14(22)11(20)6-25-16/h1-5,11,14-15,19-24H,6-7H2/b8-3+,17-4?. The third-order valence-corrected chi connectivity index (χ3v) is 4.13. The summed E-state index contributed by atoms with van der Waals surface area (Å²) in [6, 6.07) is 2.89. The Morgan fingerprint density at radius 3 is 2.80 bits per heavy atom. The molecule has 2 aliphatic heterocycles. The highest BCUT2D eigenvalue weighted by Gasteiger charge is 2.48. The molecule has 9 nitrogen and oxygen atoms in total. The lowest BCUT2D eigenvalue weighted by molar-refractivity contribution is -0.315. The second kappa shape index (κ2) is 6.54. The van der Waals surface area contributed by atoms with Crippen molar-refractivity contribution < 1.29 is 35.4 Å². The molecule has 0 amide bonds. The van der Waals surface area contributed by atoms with Crippen LogP contribution in [-0.2, 0) is 4.74 Å². The minimum absolute atomic E-state index is 0.271. The van der Waals surface area contributed by atoms with Gasteiger partial charge in [0.2, 0.25) is 5.79 Å². The zero-order chi connectivity index (χ0) is 18.2. The molecule has 3 rings (SSSR count). The van der Waals surface area contributed by atoms with Crippen LogP contribution in [0.4, 0.5) is 5.69 Å². The van der Waals surface area contributed by atoms with Gasteiger partial charge >= 0.3 is 0 Å². The van der Waals surface area contributed by atoms with Crippen molar-refractivity contribution in [1.29, 1.82) is 0 Å². The Kier molecular flexibility index (Phi) is 4.58. The Hall–Kier alpha value is -2.30. The SMILES string of the molecule is Oc1ccc2c(c1O)/C(=C/C=NCC1(O)OCC(O)C(O)C1O)C=N2. The lowest BCUT2D eigenvalue weighted by Gasteiger charge is -2.40. The summed E-state index contributed by atoms with van der Waals surface area (Å²) in [5.74, 6) is -2.68. The number of hydrogen-bond acceptors (Lipinski definition) is 9. The third-order valence-electron chi connectivity index (χ3n) is 4.13. The van der Waals surface area contributed by atoms with E-state index in [-0.39, 0.29) is 24.7 Å². The molecule has 9 heteroatoms. The third kappa shape index (κ3) is 3.15. The van der Waals surface area contributed by atoms with Crippen molar-refractivity contribution >= 4 is 23.7 Å². The fourth-order valence-electron chi connectivity index (χ4n) is 2.64.